The average Bonchev–Trinajstić information content (AvgIpc) is 3.04. The summed E-state index contributed by atoms with van der Waals surface area (Å²) < 4.78 is 5.22. The molecule has 0 bridgehead atoms. The second kappa shape index (κ2) is 6.62. The summed E-state index contributed by atoms with van der Waals surface area (Å²) in [6, 6.07) is 2.14. The Balaban J connectivity index is 2.01. The quantitative estimate of drug-likeness (QED) is 0.845. The number of carboxylic acid groups (broad SMARTS) is 1. The molecule has 108 valence electrons. The smallest absolute Gasteiger partial charge is 0.304 e. The lowest BCUT2D eigenvalue weighted by Crippen LogP contribution is -2.32. The highest BCUT2D eigenvalue weighted by Crippen LogP contribution is 2.20. The molecule has 7 heteroatoms. The molecule has 2 rings (SSSR count). The Bertz CT molecular complexity index is 551. The van der Waals surface area contributed by atoms with Crippen molar-refractivity contribution in [2.75, 3.05) is 6.54 Å². The number of hydrogen-bond donors (Lipinski definition) is 1. The van der Waals surface area contributed by atoms with Crippen LogP contribution in [0.4, 0.5) is 0 Å². The zero-order valence-corrected chi connectivity index (χ0v) is 12.3. The molecule has 1 N–H and O–H groups in total. The van der Waals surface area contributed by atoms with Crippen LogP contribution in [0, 0.1) is 0 Å². The van der Waals surface area contributed by atoms with Crippen LogP contribution in [0.2, 0.25) is 0 Å². The number of aromatic nitrogens is 2. The zero-order valence-electron chi connectivity index (χ0n) is 11.4. The minimum Gasteiger partial charge on any atom is -0.481 e. The first-order valence-corrected chi connectivity index (χ1v) is 7.31. The summed E-state index contributed by atoms with van der Waals surface area (Å²) in [6.07, 6.45) is 0.105. The van der Waals surface area contributed by atoms with Gasteiger partial charge in [-0.3, -0.25) is 9.69 Å². The molecule has 0 aliphatic rings. The first kappa shape index (κ1) is 14.7. The Morgan fingerprint density at radius 2 is 2.35 bits per heavy atom. The van der Waals surface area contributed by atoms with E-state index in [1.165, 1.54) is 0 Å². The molecule has 0 amide bonds. The summed E-state index contributed by atoms with van der Waals surface area (Å²) in [4.78, 5) is 17.0. The fourth-order valence-electron chi connectivity index (χ4n) is 1.76. The van der Waals surface area contributed by atoms with Crippen LogP contribution in [0.5, 0.6) is 0 Å². The van der Waals surface area contributed by atoms with Crippen LogP contribution in [0.3, 0.4) is 0 Å². The summed E-state index contributed by atoms with van der Waals surface area (Å²) in [5, 5.41) is 16.6. The normalized spacial score (nSPS) is 11.4. The largest absolute Gasteiger partial charge is 0.481 e. The van der Waals surface area contributed by atoms with Gasteiger partial charge < -0.3 is 9.63 Å². The van der Waals surface area contributed by atoms with Gasteiger partial charge >= 0.3 is 5.97 Å². The molecule has 0 atom stereocenters. The van der Waals surface area contributed by atoms with Crippen molar-refractivity contribution < 1.29 is 14.4 Å². The van der Waals surface area contributed by atoms with E-state index in [4.69, 9.17) is 9.63 Å². The fraction of sp³-hybridized carbons (Fsp3) is 0.462. The Morgan fingerprint density at radius 1 is 1.55 bits per heavy atom. The van der Waals surface area contributed by atoms with E-state index in [1.807, 2.05) is 35.6 Å². The van der Waals surface area contributed by atoms with Gasteiger partial charge in [-0.2, -0.15) is 16.3 Å². The van der Waals surface area contributed by atoms with E-state index >= 15 is 0 Å². The van der Waals surface area contributed by atoms with E-state index in [9.17, 15) is 4.79 Å². The SMILES string of the molecule is CC(C)N(CCC(=O)O)Cc1noc(-c2ccsc2)n1. The van der Waals surface area contributed by atoms with Crippen LogP contribution in [0.15, 0.2) is 21.3 Å². The third-order valence-corrected chi connectivity index (χ3v) is 3.61. The molecule has 2 aromatic heterocycles. The first-order chi connectivity index (χ1) is 9.56. The maximum Gasteiger partial charge on any atom is 0.304 e. The lowest BCUT2D eigenvalue weighted by atomic mass is 10.2. The number of carboxylic acids is 1. The second-order valence-corrected chi connectivity index (χ2v) is 5.52. The van der Waals surface area contributed by atoms with Gasteiger partial charge in [-0.05, 0) is 25.3 Å². The minimum absolute atomic E-state index is 0.105. The molecule has 0 saturated carbocycles. The maximum absolute atomic E-state index is 10.7. The predicted molar refractivity (Wildman–Crippen MR) is 75.4 cm³/mol. The van der Waals surface area contributed by atoms with Gasteiger partial charge in [-0.15, -0.1) is 0 Å². The molecule has 0 aromatic carbocycles. The van der Waals surface area contributed by atoms with E-state index in [2.05, 4.69) is 10.1 Å². The second-order valence-electron chi connectivity index (χ2n) is 4.74. The summed E-state index contributed by atoms with van der Waals surface area (Å²) in [6.45, 7) is 4.98. The summed E-state index contributed by atoms with van der Waals surface area (Å²) in [5.41, 5.74) is 0.912. The topological polar surface area (TPSA) is 79.5 Å². The van der Waals surface area contributed by atoms with Crippen molar-refractivity contribution in [2.24, 2.45) is 0 Å². The van der Waals surface area contributed by atoms with Gasteiger partial charge in [-0.25, -0.2) is 0 Å². The van der Waals surface area contributed by atoms with E-state index in [0.29, 0.717) is 24.8 Å². The van der Waals surface area contributed by atoms with E-state index in [1.54, 1.807) is 11.3 Å². The highest BCUT2D eigenvalue weighted by molar-refractivity contribution is 7.08. The van der Waals surface area contributed by atoms with Crippen molar-refractivity contribution in [1.29, 1.82) is 0 Å². The molecule has 6 nitrogen and oxygen atoms in total. The Kier molecular flexibility index (Phi) is 4.86. The van der Waals surface area contributed by atoms with Crippen LogP contribution in [-0.4, -0.2) is 38.7 Å². The monoisotopic (exact) mass is 295 g/mol. The third-order valence-electron chi connectivity index (χ3n) is 2.92. The summed E-state index contributed by atoms with van der Waals surface area (Å²) >= 11 is 1.57. The van der Waals surface area contributed by atoms with Crippen LogP contribution < -0.4 is 0 Å². The van der Waals surface area contributed by atoms with Crippen molar-refractivity contribution in [3.8, 4) is 11.5 Å². The van der Waals surface area contributed by atoms with Gasteiger partial charge in [0.05, 0.1) is 18.5 Å². The van der Waals surface area contributed by atoms with Crippen LogP contribution in [0.25, 0.3) is 11.5 Å². The van der Waals surface area contributed by atoms with Gasteiger partial charge in [-0.1, -0.05) is 5.16 Å². The Labute approximate surface area is 121 Å². The Morgan fingerprint density at radius 3 is 2.95 bits per heavy atom. The van der Waals surface area contributed by atoms with Gasteiger partial charge in [0.1, 0.15) is 0 Å². The third kappa shape index (κ3) is 3.88. The van der Waals surface area contributed by atoms with E-state index in [-0.39, 0.29) is 12.5 Å². The number of aliphatic carboxylic acids is 1. The van der Waals surface area contributed by atoms with Gasteiger partial charge in [0.2, 0.25) is 0 Å². The highest BCUT2D eigenvalue weighted by atomic mass is 32.1. The van der Waals surface area contributed by atoms with Crippen LogP contribution in [-0.2, 0) is 11.3 Å². The predicted octanol–water partition coefficient (Wildman–Crippen LogP) is 2.48. The Hall–Kier alpha value is -1.73. The molecule has 0 radical (unpaired) electrons. The van der Waals surface area contributed by atoms with Crippen LogP contribution >= 0.6 is 11.3 Å². The number of rotatable bonds is 7. The molecule has 0 aliphatic carbocycles. The van der Waals surface area contributed by atoms with Crippen molar-refractivity contribution in [3.63, 3.8) is 0 Å². The molecule has 0 saturated heterocycles. The summed E-state index contributed by atoms with van der Waals surface area (Å²) in [7, 11) is 0. The molecule has 0 aliphatic heterocycles. The summed E-state index contributed by atoms with van der Waals surface area (Å²) in [5.74, 6) is 0.274. The van der Waals surface area contributed by atoms with Crippen LogP contribution in [0.1, 0.15) is 26.1 Å². The molecule has 20 heavy (non-hydrogen) atoms. The molecule has 2 aromatic rings. The molecule has 2 heterocycles. The zero-order chi connectivity index (χ0) is 14.5. The number of hydrogen-bond acceptors (Lipinski definition) is 6. The van der Waals surface area contributed by atoms with Crippen molar-refractivity contribution in [1.82, 2.24) is 15.0 Å². The van der Waals surface area contributed by atoms with Crippen molar-refractivity contribution in [2.45, 2.75) is 32.9 Å². The minimum atomic E-state index is -0.803. The first-order valence-electron chi connectivity index (χ1n) is 6.37. The lowest BCUT2D eigenvalue weighted by molar-refractivity contribution is -0.137. The fourth-order valence-corrected chi connectivity index (χ4v) is 2.39. The molecule has 0 spiro atoms. The highest BCUT2D eigenvalue weighted by Gasteiger charge is 2.16. The average molecular weight is 295 g/mol. The van der Waals surface area contributed by atoms with E-state index in [0.717, 1.165) is 5.56 Å². The molecule has 0 fully saturated rings. The van der Waals surface area contributed by atoms with Crippen molar-refractivity contribution >= 4 is 17.3 Å². The number of thiophene rings is 1. The van der Waals surface area contributed by atoms with Gasteiger partial charge in [0.15, 0.2) is 5.82 Å². The van der Waals surface area contributed by atoms with Crippen molar-refractivity contribution in [3.05, 3.63) is 22.7 Å². The van der Waals surface area contributed by atoms with Gasteiger partial charge in [0.25, 0.3) is 5.89 Å². The number of nitrogens with zero attached hydrogens (tertiary/aromatic N) is 3. The lowest BCUT2D eigenvalue weighted by Gasteiger charge is -2.23. The molecular weight excluding hydrogens is 278 g/mol. The van der Waals surface area contributed by atoms with Gasteiger partial charge in [0, 0.05) is 18.0 Å². The molecular formula is C13H17N3O3S. The van der Waals surface area contributed by atoms with E-state index < -0.39 is 5.97 Å². The maximum atomic E-state index is 10.7. The molecule has 0 unspecified atom stereocenters. The standard InChI is InChI=1S/C13H17N3O3S/c1-9(2)16(5-3-12(17)18)7-11-14-13(19-15-11)10-4-6-20-8-10/h4,6,8-9H,3,5,7H2,1-2H3,(H,17,18). The number of carbonyl (C=O) groups is 1.